The number of halogens is 6. The zero-order valence-corrected chi connectivity index (χ0v) is 22.5. The maximum absolute atomic E-state index is 15.0. The van der Waals surface area contributed by atoms with E-state index in [4.69, 9.17) is 14.2 Å². The molecule has 0 aliphatic heterocycles. The third-order valence-electron chi connectivity index (χ3n) is 6.85. The lowest BCUT2D eigenvalue weighted by atomic mass is 9.82. The number of benzene rings is 3. The van der Waals surface area contributed by atoms with Crippen molar-refractivity contribution in [2.75, 3.05) is 13.2 Å². The monoisotopic (exact) mass is 578 g/mol. The Kier molecular flexibility index (Phi) is 9.62. The van der Waals surface area contributed by atoms with Crippen LogP contribution in [0.1, 0.15) is 73.4 Å². The molecule has 0 heterocycles. The predicted molar refractivity (Wildman–Crippen MR) is 140 cm³/mol. The molecular weight excluding hydrogens is 550 g/mol. The van der Waals surface area contributed by atoms with E-state index in [1.165, 1.54) is 18.2 Å². The second-order valence-electron chi connectivity index (χ2n) is 9.48. The molecule has 4 nitrogen and oxygen atoms in total. The van der Waals surface area contributed by atoms with Crippen molar-refractivity contribution in [2.24, 2.45) is 0 Å². The summed E-state index contributed by atoms with van der Waals surface area (Å²) >= 11 is 0. The van der Waals surface area contributed by atoms with Crippen molar-refractivity contribution in [3.05, 3.63) is 94.1 Å². The van der Waals surface area contributed by atoms with Crippen LogP contribution in [0.25, 0.3) is 5.57 Å². The number of hydrogen-bond acceptors (Lipinski definition) is 4. The number of rotatable bonds is 10. The van der Waals surface area contributed by atoms with Gasteiger partial charge in [0, 0.05) is 5.56 Å². The van der Waals surface area contributed by atoms with Crippen molar-refractivity contribution < 1.29 is 45.3 Å². The van der Waals surface area contributed by atoms with Gasteiger partial charge in [-0.05, 0) is 73.9 Å². The summed E-state index contributed by atoms with van der Waals surface area (Å²) in [5.41, 5.74) is -0.330. The molecule has 0 aromatic heterocycles. The van der Waals surface area contributed by atoms with Gasteiger partial charge < -0.3 is 14.2 Å². The van der Waals surface area contributed by atoms with Crippen LogP contribution in [0.2, 0.25) is 0 Å². The van der Waals surface area contributed by atoms with Gasteiger partial charge in [-0.2, -0.15) is 13.2 Å². The Bertz CT molecular complexity index is 1470. The van der Waals surface area contributed by atoms with E-state index >= 15 is 4.39 Å². The largest absolute Gasteiger partial charge is 0.491 e. The number of unbranched alkanes of at least 4 members (excludes halogenated alkanes) is 1. The fraction of sp³-hybridized carbons (Fsp3) is 0.323. The van der Waals surface area contributed by atoms with Gasteiger partial charge in [-0.1, -0.05) is 31.6 Å². The fourth-order valence-electron chi connectivity index (χ4n) is 4.63. The fourth-order valence-corrected chi connectivity index (χ4v) is 4.63. The number of esters is 1. The molecule has 41 heavy (non-hydrogen) atoms. The molecule has 4 rings (SSSR count). The first-order chi connectivity index (χ1) is 19.7. The lowest BCUT2D eigenvalue weighted by Crippen LogP contribution is -2.14. The lowest BCUT2D eigenvalue weighted by molar-refractivity contribution is 0.0720. The van der Waals surface area contributed by atoms with Gasteiger partial charge in [0.05, 0.1) is 18.8 Å². The van der Waals surface area contributed by atoms with Crippen molar-refractivity contribution in [2.45, 2.75) is 51.9 Å². The van der Waals surface area contributed by atoms with E-state index < -0.39 is 52.2 Å². The summed E-state index contributed by atoms with van der Waals surface area (Å²) in [7, 11) is 0. The molecule has 0 spiro atoms. The van der Waals surface area contributed by atoms with Gasteiger partial charge >= 0.3 is 5.97 Å². The maximum Gasteiger partial charge on any atom is 0.346 e. The van der Waals surface area contributed by atoms with Crippen LogP contribution in [-0.2, 0) is 0 Å². The summed E-state index contributed by atoms with van der Waals surface area (Å²) in [6.07, 6.45) is 3.83. The summed E-state index contributed by atoms with van der Waals surface area (Å²) in [5, 5.41) is 0. The van der Waals surface area contributed by atoms with E-state index in [-0.39, 0.29) is 54.6 Å². The number of ether oxygens (including phenoxy) is 3. The molecule has 1 aliphatic carbocycles. The van der Waals surface area contributed by atoms with E-state index in [9.17, 15) is 26.7 Å². The van der Waals surface area contributed by atoms with Crippen molar-refractivity contribution in [1.29, 1.82) is 0 Å². The van der Waals surface area contributed by atoms with Crippen LogP contribution >= 0.6 is 0 Å². The van der Waals surface area contributed by atoms with Crippen LogP contribution in [0.15, 0.2) is 42.5 Å². The molecule has 0 saturated carbocycles. The Morgan fingerprint density at radius 1 is 0.780 bits per heavy atom. The first-order valence-electron chi connectivity index (χ1n) is 13.3. The van der Waals surface area contributed by atoms with E-state index in [0.29, 0.717) is 18.4 Å². The standard InChI is InChI=1S/C31H28F6O4/c1-3-5-16-40-23-14-15-24(30(37)29(23)36)41-31(38)21-11-10-19(25(32)27(21)34)17-6-8-18(9-7-17)20-12-13-22(39-4-2)28(35)26(20)33/h6,10-15,18H,3-5,7-9,16H2,1-2H3. The first kappa shape index (κ1) is 30.0. The van der Waals surface area contributed by atoms with Crippen molar-refractivity contribution in [3.63, 3.8) is 0 Å². The Morgan fingerprint density at radius 3 is 2.12 bits per heavy atom. The molecule has 1 unspecified atom stereocenters. The molecular formula is C31H28F6O4. The van der Waals surface area contributed by atoms with Gasteiger partial charge in [-0.15, -0.1) is 0 Å². The molecule has 3 aromatic carbocycles. The summed E-state index contributed by atoms with van der Waals surface area (Å²) in [5.74, 6) is -11.0. The second kappa shape index (κ2) is 13.1. The second-order valence-corrected chi connectivity index (χ2v) is 9.48. The summed E-state index contributed by atoms with van der Waals surface area (Å²) in [6, 6.07) is 7.02. The summed E-state index contributed by atoms with van der Waals surface area (Å²) in [4.78, 5) is 12.5. The maximum atomic E-state index is 15.0. The minimum absolute atomic E-state index is 0.110. The predicted octanol–water partition coefficient (Wildman–Crippen LogP) is 8.67. The number of hydrogen-bond donors (Lipinski definition) is 0. The molecule has 0 fully saturated rings. The van der Waals surface area contributed by atoms with Gasteiger partial charge in [-0.25, -0.2) is 18.0 Å². The van der Waals surface area contributed by atoms with E-state index in [1.54, 1.807) is 13.0 Å². The Labute approximate surface area is 233 Å². The van der Waals surface area contributed by atoms with E-state index in [0.717, 1.165) is 24.6 Å². The molecule has 10 heteroatoms. The van der Waals surface area contributed by atoms with Gasteiger partial charge in [0.25, 0.3) is 0 Å². The highest BCUT2D eigenvalue weighted by Gasteiger charge is 2.27. The average Bonchev–Trinajstić information content (AvgIpc) is 2.97. The highest BCUT2D eigenvalue weighted by Crippen LogP contribution is 2.40. The van der Waals surface area contributed by atoms with Crippen LogP contribution < -0.4 is 14.2 Å². The smallest absolute Gasteiger partial charge is 0.346 e. The third-order valence-corrected chi connectivity index (χ3v) is 6.85. The quantitative estimate of drug-likeness (QED) is 0.105. The Hall–Kier alpha value is -3.95. The van der Waals surface area contributed by atoms with Crippen LogP contribution in [0.4, 0.5) is 26.3 Å². The van der Waals surface area contributed by atoms with Crippen molar-refractivity contribution in [3.8, 4) is 17.2 Å². The van der Waals surface area contributed by atoms with E-state index in [1.807, 2.05) is 6.92 Å². The molecule has 1 aliphatic rings. The minimum Gasteiger partial charge on any atom is -0.491 e. The molecule has 3 aromatic rings. The third kappa shape index (κ3) is 6.36. The highest BCUT2D eigenvalue weighted by molar-refractivity contribution is 5.92. The summed E-state index contributed by atoms with van der Waals surface area (Å²) < 4.78 is 103. The topological polar surface area (TPSA) is 44.8 Å². The Morgan fingerprint density at radius 2 is 1.44 bits per heavy atom. The average molecular weight is 579 g/mol. The van der Waals surface area contributed by atoms with Crippen molar-refractivity contribution in [1.82, 2.24) is 0 Å². The lowest BCUT2D eigenvalue weighted by Gasteiger charge is -2.24. The molecule has 1 atom stereocenters. The van der Waals surface area contributed by atoms with Crippen LogP contribution in [-0.4, -0.2) is 19.2 Å². The zero-order valence-electron chi connectivity index (χ0n) is 22.5. The minimum atomic E-state index is -1.52. The number of carbonyl (C=O) groups is 1. The molecule has 0 amide bonds. The van der Waals surface area contributed by atoms with Gasteiger partial charge in [0.1, 0.15) is 0 Å². The first-order valence-corrected chi connectivity index (χ1v) is 13.3. The van der Waals surface area contributed by atoms with Gasteiger partial charge in [0.15, 0.2) is 34.7 Å². The van der Waals surface area contributed by atoms with Crippen LogP contribution in [0.5, 0.6) is 17.2 Å². The normalized spacial score (nSPS) is 14.9. The number of allylic oxidation sites excluding steroid dienone is 2. The van der Waals surface area contributed by atoms with Gasteiger partial charge in [-0.3, -0.25) is 0 Å². The molecule has 0 radical (unpaired) electrons. The zero-order chi connectivity index (χ0) is 29.7. The van der Waals surface area contributed by atoms with Crippen molar-refractivity contribution >= 4 is 11.5 Å². The van der Waals surface area contributed by atoms with E-state index in [2.05, 4.69) is 0 Å². The molecule has 0 saturated heterocycles. The molecule has 218 valence electrons. The van der Waals surface area contributed by atoms with Crippen LogP contribution in [0, 0.1) is 34.9 Å². The van der Waals surface area contributed by atoms with Crippen LogP contribution in [0.3, 0.4) is 0 Å². The SMILES string of the molecule is CCCCOc1ccc(OC(=O)c2ccc(C3=CCC(c4ccc(OCC)c(F)c4F)CC3)c(F)c2F)c(F)c1F. The Balaban J connectivity index is 1.49. The van der Waals surface area contributed by atoms with Gasteiger partial charge in [0.2, 0.25) is 17.5 Å². The summed E-state index contributed by atoms with van der Waals surface area (Å²) in [6.45, 7) is 3.90. The molecule has 0 bridgehead atoms. The highest BCUT2D eigenvalue weighted by atomic mass is 19.2. The molecule has 0 N–H and O–H groups in total. The number of carbonyl (C=O) groups excluding carboxylic acids is 1.